The Bertz CT molecular complexity index is 298. The van der Waals surface area contributed by atoms with Crippen molar-refractivity contribution in [1.29, 1.82) is 0 Å². The molecule has 0 aliphatic heterocycles. The molecule has 0 saturated heterocycles. The number of carbonyl (C=O) groups is 2. The molecule has 0 aromatic rings. The second kappa shape index (κ2) is 5.43. The minimum absolute atomic E-state index is 0.244. The molecule has 0 rings (SSSR count). The standard InChI is InChI=1S/C9H15NO6/c1-9(2,8(13)14)5-6(10(15)16)3-4-7(11)12/h6H,3-5H2,1-2H3,(H,11,12)(H,13,14)/p-2. The van der Waals surface area contributed by atoms with Crippen molar-refractivity contribution in [1.82, 2.24) is 0 Å². The predicted octanol–water partition coefficient (Wildman–Crippen LogP) is -1.67. The summed E-state index contributed by atoms with van der Waals surface area (Å²) in [5.41, 5.74) is -1.36. The Kier molecular flexibility index (Phi) is 4.87. The van der Waals surface area contributed by atoms with Crippen LogP contribution in [0.1, 0.15) is 33.1 Å². The minimum atomic E-state index is -1.40. The molecule has 0 fully saturated rings. The fourth-order valence-electron chi connectivity index (χ4n) is 1.24. The van der Waals surface area contributed by atoms with E-state index in [0.717, 1.165) is 0 Å². The van der Waals surface area contributed by atoms with E-state index in [9.17, 15) is 29.9 Å². The van der Waals surface area contributed by atoms with Crippen molar-refractivity contribution in [2.24, 2.45) is 5.41 Å². The van der Waals surface area contributed by atoms with Crippen LogP contribution in [0.3, 0.4) is 0 Å². The van der Waals surface area contributed by atoms with E-state index in [1.165, 1.54) is 13.8 Å². The fraction of sp³-hybridized carbons (Fsp3) is 0.778. The summed E-state index contributed by atoms with van der Waals surface area (Å²) >= 11 is 0. The summed E-state index contributed by atoms with van der Waals surface area (Å²) in [4.78, 5) is 30.7. The molecule has 0 aromatic carbocycles. The van der Waals surface area contributed by atoms with E-state index >= 15 is 0 Å². The molecule has 0 amide bonds. The van der Waals surface area contributed by atoms with Gasteiger partial charge in [-0.25, -0.2) is 0 Å². The smallest absolute Gasteiger partial charge is 0.214 e. The molecule has 0 aromatic heterocycles. The summed E-state index contributed by atoms with van der Waals surface area (Å²) in [5.74, 6) is -2.79. The van der Waals surface area contributed by atoms with Gasteiger partial charge in [-0.1, -0.05) is 13.8 Å². The molecule has 0 saturated carbocycles. The maximum absolute atomic E-state index is 10.7. The first-order chi connectivity index (χ1) is 7.16. The van der Waals surface area contributed by atoms with Crippen LogP contribution in [0.4, 0.5) is 0 Å². The number of carboxylic acid groups (broad SMARTS) is 2. The summed E-state index contributed by atoms with van der Waals surface area (Å²) in [6.45, 7) is 2.61. The highest BCUT2D eigenvalue weighted by Crippen LogP contribution is 2.24. The van der Waals surface area contributed by atoms with Crippen LogP contribution in [0, 0.1) is 15.5 Å². The number of aliphatic carboxylic acids is 2. The van der Waals surface area contributed by atoms with Gasteiger partial charge in [-0.15, -0.1) is 0 Å². The molecule has 0 spiro atoms. The van der Waals surface area contributed by atoms with Gasteiger partial charge in [0.15, 0.2) is 0 Å². The van der Waals surface area contributed by atoms with Crippen LogP contribution in [-0.4, -0.2) is 22.9 Å². The number of rotatable bonds is 7. The van der Waals surface area contributed by atoms with E-state index in [-0.39, 0.29) is 12.8 Å². The third-order valence-electron chi connectivity index (χ3n) is 2.28. The van der Waals surface area contributed by atoms with Gasteiger partial charge < -0.3 is 19.8 Å². The third kappa shape index (κ3) is 4.72. The van der Waals surface area contributed by atoms with Crippen LogP contribution in [0.15, 0.2) is 0 Å². The Hall–Kier alpha value is -1.66. The zero-order valence-electron chi connectivity index (χ0n) is 9.10. The molecular formula is C9H13NO6-2. The lowest BCUT2D eigenvalue weighted by Crippen LogP contribution is -2.42. The Morgan fingerprint density at radius 1 is 1.31 bits per heavy atom. The van der Waals surface area contributed by atoms with Gasteiger partial charge in [0.05, 0.1) is 0 Å². The van der Waals surface area contributed by atoms with Crippen LogP contribution < -0.4 is 10.2 Å². The van der Waals surface area contributed by atoms with Crippen LogP contribution in [0.5, 0.6) is 0 Å². The van der Waals surface area contributed by atoms with Gasteiger partial charge in [0, 0.05) is 35.1 Å². The lowest BCUT2D eigenvalue weighted by molar-refractivity contribution is -0.527. The Morgan fingerprint density at radius 2 is 1.81 bits per heavy atom. The van der Waals surface area contributed by atoms with Crippen molar-refractivity contribution in [2.45, 2.75) is 39.2 Å². The molecular weight excluding hydrogens is 218 g/mol. The van der Waals surface area contributed by atoms with Gasteiger partial charge in [0.1, 0.15) is 0 Å². The third-order valence-corrected chi connectivity index (χ3v) is 2.28. The molecule has 0 N–H and O–H groups in total. The molecule has 0 aliphatic rings. The van der Waals surface area contributed by atoms with Gasteiger partial charge in [0.2, 0.25) is 6.04 Å². The topological polar surface area (TPSA) is 123 Å². The average molecular weight is 231 g/mol. The van der Waals surface area contributed by atoms with Gasteiger partial charge in [0.25, 0.3) is 0 Å². The Balaban J connectivity index is 4.51. The first-order valence-electron chi connectivity index (χ1n) is 4.71. The number of carboxylic acids is 2. The van der Waals surface area contributed by atoms with Crippen molar-refractivity contribution in [3.63, 3.8) is 0 Å². The van der Waals surface area contributed by atoms with Crippen LogP contribution in [0.2, 0.25) is 0 Å². The summed E-state index contributed by atoms with van der Waals surface area (Å²) in [6, 6.07) is -1.22. The van der Waals surface area contributed by atoms with Crippen molar-refractivity contribution in [3.05, 3.63) is 10.1 Å². The quantitative estimate of drug-likeness (QED) is 0.381. The molecule has 0 radical (unpaired) electrons. The molecule has 0 heterocycles. The molecule has 92 valence electrons. The van der Waals surface area contributed by atoms with E-state index in [2.05, 4.69) is 0 Å². The highest BCUT2D eigenvalue weighted by molar-refractivity contribution is 5.71. The normalized spacial score (nSPS) is 13.1. The zero-order valence-corrected chi connectivity index (χ0v) is 9.10. The Morgan fingerprint density at radius 3 is 2.12 bits per heavy atom. The molecule has 1 atom stereocenters. The first-order valence-corrected chi connectivity index (χ1v) is 4.71. The van der Waals surface area contributed by atoms with Crippen molar-refractivity contribution in [3.8, 4) is 0 Å². The monoisotopic (exact) mass is 231 g/mol. The summed E-state index contributed by atoms with van der Waals surface area (Å²) < 4.78 is 0. The highest BCUT2D eigenvalue weighted by Gasteiger charge is 2.31. The average Bonchev–Trinajstić information content (AvgIpc) is 2.11. The second-order valence-electron chi connectivity index (χ2n) is 4.23. The summed E-state index contributed by atoms with van der Waals surface area (Å²) in [7, 11) is 0. The van der Waals surface area contributed by atoms with Crippen molar-refractivity contribution in [2.75, 3.05) is 0 Å². The van der Waals surface area contributed by atoms with Crippen LogP contribution >= 0.6 is 0 Å². The number of nitrogens with zero attached hydrogens (tertiary/aromatic N) is 1. The molecule has 1 unspecified atom stereocenters. The maximum atomic E-state index is 10.7. The summed E-state index contributed by atoms with van der Waals surface area (Å²) in [5, 5.41) is 31.4. The number of hydrogen-bond acceptors (Lipinski definition) is 6. The van der Waals surface area contributed by atoms with Gasteiger partial charge in [-0.05, 0) is 6.42 Å². The van der Waals surface area contributed by atoms with Crippen molar-refractivity contribution < 1.29 is 24.7 Å². The lowest BCUT2D eigenvalue weighted by atomic mass is 9.85. The van der Waals surface area contributed by atoms with E-state index < -0.39 is 34.7 Å². The zero-order chi connectivity index (χ0) is 12.9. The molecule has 7 heteroatoms. The largest absolute Gasteiger partial charge is 0.550 e. The number of hydrogen-bond donors (Lipinski definition) is 0. The number of carbonyl (C=O) groups excluding carboxylic acids is 2. The SMILES string of the molecule is CC(C)(CC(CCC(=O)[O-])[N+](=O)[O-])C(=O)[O-]. The maximum Gasteiger partial charge on any atom is 0.214 e. The van der Waals surface area contributed by atoms with Gasteiger partial charge in [-0.3, -0.25) is 10.1 Å². The fourth-order valence-corrected chi connectivity index (χ4v) is 1.24. The van der Waals surface area contributed by atoms with E-state index in [0.29, 0.717) is 0 Å². The Labute approximate surface area is 92.2 Å². The van der Waals surface area contributed by atoms with E-state index in [1.807, 2.05) is 0 Å². The summed E-state index contributed by atoms with van der Waals surface area (Å²) in [6.07, 6.45) is -0.976. The molecule has 0 aliphatic carbocycles. The highest BCUT2D eigenvalue weighted by atomic mass is 16.6. The molecule has 0 bridgehead atoms. The molecule has 16 heavy (non-hydrogen) atoms. The van der Waals surface area contributed by atoms with Crippen molar-refractivity contribution >= 4 is 11.9 Å². The van der Waals surface area contributed by atoms with Crippen LogP contribution in [-0.2, 0) is 9.59 Å². The predicted molar refractivity (Wildman–Crippen MR) is 48.4 cm³/mol. The lowest BCUT2D eigenvalue weighted by Gasteiger charge is -2.26. The van der Waals surface area contributed by atoms with Gasteiger partial charge >= 0.3 is 0 Å². The van der Waals surface area contributed by atoms with Gasteiger partial charge in [-0.2, -0.15) is 0 Å². The minimum Gasteiger partial charge on any atom is -0.550 e. The second-order valence-corrected chi connectivity index (χ2v) is 4.23. The van der Waals surface area contributed by atoms with Crippen LogP contribution in [0.25, 0.3) is 0 Å². The van der Waals surface area contributed by atoms with E-state index in [1.54, 1.807) is 0 Å². The molecule has 7 nitrogen and oxygen atoms in total. The van der Waals surface area contributed by atoms with E-state index in [4.69, 9.17) is 0 Å². The number of nitro groups is 1. The first kappa shape index (κ1) is 14.3.